The summed E-state index contributed by atoms with van der Waals surface area (Å²) in [6, 6.07) is 0. The molecule has 1 saturated carbocycles. The number of alkyl halides is 1. The van der Waals surface area contributed by atoms with Crippen LogP contribution in [0.15, 0.2) is 0 Å². The first-order valence-electron chi connectivity index (χ1n) is 4.27. The van der Waals surface area contributed by atoms with Gasteiger partial charge in [-0.25, -0.2) is 4.39 Å². The summed E-state index contributed by atoms with van der Waals surface area (Å²) >= 11 is 0. The summed E-state index contributed by atoms with van der Waals surface area (Å²) in [6.07, 6.45) is -2.56. The minimum atomic E-state index is -1.20. The Balaban J connectivity index is 2.35. The summed E-state index contributed by atoms with van der Waals surface area (Å²) in [5.74, 6) is -0.255. The van der Waals surface area contributed by atoms with Crippen molar-refractivity contribution >= 4 is 0 Å². The average molecular weight is 178 g/mol. The van der Waals surface area contributed by atoms with Gasteiger partial charge < -0.3 is 14.9 Å². The topological polar surface area (TPSA) is 49.7 Å². The Morgan fingerprint density at radius 1 is 1.58 bits per heavy atom. The Labute approximate surface area is 71.2 Å². The van der Waals surface area contributed by atoms with Crippen molar-refractivity contribution in [1.29, 1.82) is 0 Å². The molecule has 0 amide bonds. The van der Waals surface area contributed by atoms with Crippen LogP contribution >= 0.6 is 0 Å². The lowest BCUT2D eigenvalue weighted by atomic mass is 10.1. The van der Waals surface area contributed by atoms with E-state index in [0.29, 0.717) is 13.0 Å². The molecule has 0 aliphatic heterocycles. The van der Waals surface area contributed by atoms with Gasteiger partial charge in [-0.15, -0.1) is 0 Å². The van der Waals surface area contributed by atoms with Crippen molar-refractivity contribution < 1.29 is 19.3 Å². The fraction of sp³-hybridized carbons (Fsp3) is 1.00. The van der Waals surface area contributed by atoms with Crippen molar-refractivity contribution in [2.24, 2.45) is 5.92 Å². The maximum atomic E-state index is 12.8. The number of ether oxygens (including phenoxy) is 1. The van der Waals surface area contributed by atoms with Crippen molar-refractivity contribution in [2.45, 2.75) is 38.3 Å². The van der Waals surface area contributed by atoms with Gasteiger partial charge in [0.05, 0.1) is 6.10 Å². The molecule has 2 N–H and O–H groups in total. The summed E-state index contributed by atoms with van der Waals surface area (Å²) in [5.41, 5.74) is 0. The van der Waals surface area contributed by atoms with Crippen molar-refractivity contribution in [3.8, 4) is 0 Å². The highest BCUT2D eigenvalue weighted by atomic mass is 19.1. The van der Waals surface area contributed by atoms with Gasteiger partial charge in [0.25, 0.3) is 0 Å². The van der Waals surface area contributed by atoms with Crippen LogP contribution in [0.1, 0.15) is 19.8 Å². The van der Waals surface area contributed by atoms with E-state index in [9.17, 15) is 9.50 Å². The van der Waals surface area contributed by atoms with Gasteiger partial charge in [-0.1, -0.05) is 0 Å². The molecule has 0 heterocycles. The Kier molecular flexibility index (Phi) is 3.43. The zero-order valence-electron chi connectivity index (χ0n) is 7.11. The molecule has 1 aliphatic rings. The normalized spacial score (nSPS) is 38.5. The van der Waals surface area contributed by atoms with E-state index in [1.165, 1.54) is 0 Å². The first kappa shape index (κ1) is 9.89. The van der Waals surface area contributed by atoms with Gasteiger partial charge in [-0.05, 0) is 19.8 Å². The Morgan fingerprint density at radius 2 is 2.25 bits per heavy atom. The van der Waals surface area contributed by atoms with Crippen LogP contribution in [0.5, 0.6) is 0 Å². The smallest absolute Gasteiger partial charge is 0.157 e. The van der Waals surface area contributed by atoms with Crippen LogP contribution in [0.3, 0.4) is 0 Å². The Bertz CT molecular complexity index is 132. The molecule has 0 aromatic heterocycles. The van der Waals surface area contributed by atoms with Crippen molar-refractivity contribution in [2.75, 3.05) is 6.61 Å². The molecule has 0 spiro atoms. The van der Waals surface area contributed by atoms with E-state index in [1.54, 1.807) is 6.92 Å². The monoisotopic (exact) mass is 178 g/mol. The number of halogens is 1. The van der Waals surface area contributed by atoms with E-state index in [-0.39, 0.29) is 12.3 Å². The first-order valence-corrected chi connectivity index (χ1v) is 4.27. The molecule has 4 heteroatoms. The third kappa shape index (κ3) is 2.15. The fourth-order valence-corrected chi connectivity index (χ4v) is 1.54. The first-order chi connectivity index (χ1) is 5.65. The summed E-state index contributed by atoms with van der Waals surface area (Å²) in [6.45, 7) is 2.17. The van der Waals surface area contributed by atoms with E-state index in [2.05, 4.69) is 0 Å². The molecule has 1 fully saturated rings. The minimum Gasteiger partial charge on any atom is -0.390 e. The van der Waals surface area contributed by atoms with E-state index < -0.39 is 18.6 Å². The summed E-state index contributed by atoms with van der Waals surface area (Å²) in [4.78, 5) is 0. The molecule has 72 valence electrons. The molecule has 0 radical (unpaired) electrons. The number of hydrogen-bond donors (Lipinski definition) is 2. The fourth-order valence-electron chi connectivity index (χ4n) is 1.54. The van der Waals surface area contributed by atoms with Crippen LogP contribution in [0.25, 0.3) is 0 Å². The van der Waals surface area contributed by atoms with Crippen molar-refractivity contribution in [3.05, 3.63) is 0 Å². The maximum absolute atomic E-state index is 12.8. The van der Waals surface area contributed by atoms with E-state index in [1.807, 2.05) is 0 Å². The molecule has 4 atom stereocenters. The molecule has 3 nitrogen and oxygen atoms in total. The van der Waals surface area contributed by atoms with Crippen LogP contribution in [0, 0.1) is 5.92 Å². The van der Waals surface area contributed by atoms with Crippen LogP contribution in [0.2, 0.25) is 0 Å². The third-order valence-electron chi connectivity index (χ3n) is 2.23. The summed E-state index contributed by atoms with van der Waals surface area (Å²) in [5, 5.41) is 18.3. The highest BCUT2D eigenvalue weighted by Crippen LogP contribution is 2.31. The van der Waals surface area contributed by atoms with Gasteiger partial charge >= 0.3 is 0 Å². The zero-order chi connectivity index (χ0) is 9.14. The lowest BCUT2D eigenvalue weighted by Crippen LogP contribution is -2.22. The van der Waals surface area contributed by atoms with Gasteiger partial charge in [-0.3, -0.25) is 0 Å². The summed E-state index contributed by atoms with van der Waals surface area (Å²) in [7, 11) is 0. The van der Waals surface area contributed by atoms with Crippen LogP contribution in [-0.2, 0) is 4.74 Å². The number of aliphatic hydroxyl groups is 2. The van der Waals surface area contributed by atoms with E-state index >= 15 is 0 Å². The van der Waals surface area contributed by atoms with Gasteiger partial charge in [-0.2, -0.15) is 0 Å². The number of hydrogen-bond acceptors (Lipinski definition) is 3. The number of rotatable bonds is 3. The van der Waals surface area contributed by atoms with E-state index in [4.69, 9.17) is 9.84 Å². The third-order valence-corrected chi connectivity index (χ3v) is 2.23. The van der Waals surface area contributed by atoms with Gasteiger partial charge in [0.2, 0.25) is 0 Å². The molecule has 0 bridgehead atoms. The lowest BCUT2D eigenvalue weighted by molar-refractivity contribution is -0.130. The van der Waals surface area contributed by atoms with Crippen LogP contribution < -0.4 is 0 Å². The van der Waals surface area contributed by atoms with Gasteiger partial charge in [0, 0.05) is 12.5 Å². The minimum absolute atomic E-state index is 0.197. The van der Waals surface area contributed by atoms with E-state index in [0.717, 1.165) is 0 Å². The SMILES string of the molecule is CCOC(O)[C@@H]1C[C@H](O)[C@@H](F)C1. The summed E-state index contributed by atoms with van der Waals surface area (Å²) < 4.78 is 17.7. The highest BCUT2D eigenvalue weighted by Gasteiger charge is 2.37. The Hall–Kier alpha value is -0.190. The second-order valence-electron chi connectivity index (χ2n) is 3.16. The predicted octanol–water partition coefficient (Wildman–Crippen LogP) is 0.450. The standard InChI is InChI=1S/C8H15FO3/c1-2-12-8(11)5-3-6(9)7(10)4-5/h5-8,10-11H,2-4H2,1H3/t5-,6-,7-,8?/m0/s1. The largest absolute Gasteiger partial charge is 0.390 e. The Morgan fingerprint density at radius 3 is 2.67 bits per heavy atom. The quantitative estimate of drug-likeness (QED) is 0.617. The molecule has 0 aromatic carbocycles. The lowest BCUT2D eigenvalue weighted by Gasteiger charge is -2.16. The van der Waals surface area contributed by atoms with Crippen LogP contribution in [0.4, 0.5) is 4.39 Å². The zero-order valence-corrected chi connectivity index (χ0v) is 7.11. The number of aliphatic hydroxyl groups excluding tert-OH is 2. The molecular weight excluding hydrogens is 163 g/mol. The molecule has 0 saturated heterocycles. The molecule has 12 heavy (non-hydrogen) atoms. The molecule has 1 rings (SSSR count). The van der Waals surface area contributed by atoms with Gasteiger partial charge in [0.15, 0.2) is 6.29 Å². The molecular formula is C8H15FO3. The molecule has 0 aromatic rings. The molecule has 1 aliphatic carbocycles. The second-order valence-corrected chi connectivity index (χ2v) is 3.16. The highest BCUT2D eigenvalue weighted by molar-refractivity contribution is 4.84. The predicted molar refractivity (Wildman–Crippen MR) is 41.3 cm³/mol. The molecule has 1 unspecified atom stereocenters. The average Bonchev–Trinajstić information content (AvgIpc) is 2.33. The maximum Gasteiger partial charge on any atom is 0.157 e. The van der Waals surface area contributed by atoms with Crippen molar-refractivity contribution in [3.63, 3.8) is 0 Å². The van der Waals surface area contributed by atoms with Crippen molar-refractivity contribution in [1.82, 2.24) is 0 Å². The second kappa shape index (κ2) is 4.16. The van der Waals surface area contributed by atoms with Gasteiger partial charge in [0.1, 0.15) is 6.17 Å². The van der Waals surface area contributed by atoms with Crippen LogP contribution in [-0.4, -0.2) is 35.4 Å².